The van der Waals surface area contributed by atoms with E-state index in [0.717, 1.165) is 24.2 Å². The van der Waals surface area contributed by atoms with Crippen molar-refractivity contribution in [1.29, 1.82) is 0 Å². The van der Waals surface area contributed by atoms with Crippen molar-refractivity contribution in [3.05, 3.63) is 29.3 Å². The van der Waals surface area contributed by atoms with Crippen LogP contribution < -0.4 is 4.90 Å². The Morgan fingerprint density at radius 2 is 2.05 bits per heavy atom. The number of aliphatic hydroxyl groups is 1. The number of nitrogens with zero attached hydrogens (tertiary/aromatic N) is 2. The minimum Gasteiger partial charge on any atom is -0.394 e. The first kappa shape index (κ1) is 14.0. The highest BCUT2D eigenvalue weighted by atomic mass is 16.3. The van der Waals surface area contributed by atoms with Gasteiger partial charge in [-0.05, 0) is 38.9 Å². The van der Waals surface area contributed by atoms with E-state index >= 15 is 0 Å². The van der Waals surface area contributed by atoms with Crippen molar-refractivity contribution < 1.29 is 9.90 Å². The van der Waals surface area contributed by atoms with Crippen molar-refractivity contribution in [2.24, 2.45) is 0 Å². The summed E-state index contributed by atoms with van der Waals surface area (Å²) in [6.07, 6.45) is 0.923. The average Bonchev–Trinajstić information content (AvgIpc) is 2.49. The molecule has 0 bridgehead atoms. The maximum atomic E-state index is 12.5. The normalized spacial score (nSPS) is 21.6. The van der Waals surface area contributed by atoms with Crippen LogP contribution in [0.25, 0.3) is 0 Å². The van der Waals surface area contributed by atoms with E-state index in [9.17, 15) is 9.90 Å². The summed E-state index contributed by atoms with van der Waals surface area (Å²) in [6.45, 7) is 5.49. The van der Waals surface area contributed by atoms with Gasteiger partial charge in [-0.1, -0.05) is 17.7 Å². The van der Waals surface area contributed by atoms with Gasteiger partial charge in [-0.15, -0.1) is 0 Å². The van der Waals surface area contributed by atoms with Crippen molar-refractivity contribution in [3.63, 3.8) is 0 Å². The lowest BCUT2D eigenvalue weighted by atomic mass is 10.1. The van der Waals surface area contributed by atoms with Gasteiger partial charge in [0.2, 0.25) is 5.91 Å². The van der Waals surface area contributed by atoms with Gasteiger partial charge in [0, 0.05) is 18.8 Å². The Bertz CT molecular complexity index is 473. The molecule has 0 spiro atoms. The minimum atomic E-state index is -0.428. The first-order chi connectivity index (χ1) is 9.04. The summed E-state index contributed by atoms with van der Waals surface area (Å²) in [5.74, 6) is -0.00514. The number of amides is 1. The highest BCUT2D eigenvalue weighted by Crippen LogP contribution is 2.24. The zero-order valence-electron chi connectivity index (χ0n) is 11.9. The molecular formula is C15H22N2O2. The highest BCUT2D eigenvalue weighted by molar-refractivity contribution is 5.98. The molecule has 4 nitrogen and oxygen atoms in total. The second-order valence-electron chi connectivity index (χ2n) is 5.31. The molecule has 0 radical (unpaired) electrons. The third-order valence-corrected chi connectivity index (χ3v) is 3.79. The maximum Gasteiger partial charge on any atom is 0.246 e. The monoisotopic (exact) mass is 262 g/mol. The molecule has 1 aromatic carbocycles. The molecule has 0 aromatic heterocycles. The summed E-state index contributed by atoms with van der Waals surface area (Å²) in [4.78, 5) is 16.3. The summed E-state index contributed by atoms with van der Waals surface area (Å²) >= 11 is 0. The first-order valence-electron chi connectivity index (χ1n) is 6.74. The lowest BCUT2D eigenvalue weighted by Gasteiger charge is -2.27. The topological polar surface area (TPSA) is 43.8 Å². The smallest absolute Gasteiger partial charge is 0.246 e. The van der Waals surface area contributed by atoms with E-state index in [1.165, 1.54) is 5.56 Å². The van der Waals surface area contributed by atoms with Gasteiger partial charge in [-0.2, -0.15) is 0 Å². The van der Waals surface area contributed by atoms with Crippen molar-refractivity contribution in [2.45, 2.75) is 26.3 Å². The SMILES string of the molecule is Cc1ccc(N2CCCN(C)C(CO)C2=O)c(C)c1. The maximum absolute atomic E-state index is 12.5. The molecule has 19 heavy (non-hydrogen) atoms. The van der Waals surface area contributed by atoms with Gasteiger partial charge in [0.1, 0.15) is 6.04 Å². The lowest BCUT2D eigenvalue weighted by Crippen LogP contribution is -2.46. The van der Waals surface area contributed by atoms with Crippen molar-refractivity contribution in [1.82, 2.24) is 4.90 Å². The summed E-state index contributed by atoms with van der Waals surface area (Å²) in [6, 6.07) is 5.69. The fourth-order valence-corrected chi connectivity index (χ4v) is 2.68. The molecule has 4 heteroatoms. The largest absolute Gasteiger partial charge is 0.394 e. The molecule has 1 fully saturated rings. The van der Waals surface area contributed by atoms with Gasteiger partial charge >= 0.3 is 0 Å². The number of carbonyl (C=O) groups excluding carboxylic acids is 1. The predicted octanol–water partition coefficient (Wildman–Crippen LogP) is 1.33. The number of benzene rings is 1. The molecule has 0 aliphatic carbocycles. The van der Waals surface area contributed by atoms with Crippen LogP contribution in [-0.2, 0) is 4.79 Å². The molecule has 1 aliphatic heterocycles. The van der Waals surface area contributed by atoms with Crippen molar-refractivity contribution in [2.75, 3.05) is 31.6 Å². The fourth-order valence-electron chi connectivity index (χ4n) is 2.68. The Morgan fingerprint density at radius 1 is 1.32 bits per heavy atom. The molecule has 1 unspecified atom stereocenters. The zero-order valence-corrected chi connectivity index (χ0v) is 11.9. The van der Waals surface area contributed by atoms with Crippen LogP contribution in [0.5, 0.6) is 0 Å². The van der Waals surface area contributed by atoms with Gasteiger partial charge in [0.05, 0.1) is 6.61 Å². The van der Waals surface area contributed by atoms with E-state index < -0.39 is 6.04 Å². The van der Waals surface area contributed by atoms with E-state index in [2.05, 4.69) is 6.07 Å². The van der Waals surface area contributed by atoms with Crippen LogP contribution in [0, 0.1) is 13.8 Å². The number of hydrogen-bond donors (Lipinski definition) is 1. The van der Waals surface area contributed by atoms with Gasteiger partial charge in [0.15, 0.2) is 0 Å². The number of likely N-dealkylation sites (N-methyl/N-ethyl adjacent to an activating group) is 1. The van der Waals surface area contributed by atoms with Crippen molar-refractivity contribution in [3.8, 4) is 0 Å². The van der Waals surface area contributed by atoms with Gasteiger partial charge in [0.25, 0.3) is 0 Å². The average molecular weight is 262 g/mol. The highest BCUT2D eigenvalue weighted by Gasteiger charge is 2.31. The van der Waals surface area contributed by atoms with Crippen LogP contribution in [-0.4, -0.2) is 48.7 Å². The molecule has 1 aromatic rings. The Labute approximate surface area is 114 Å². The molecule has 1 N–H and O–H groups in total. The fraction of sp³-hybridized carbons (Fsp3) is 0.533. The summed E-state index contributed by atoms with van der Waals surface area (Å²) < 4.78 is 0. The quantitative estimate of drug-likeness (QED) is 0.874. The van der Waals surface area contributed by atoms with Gasteiger partial charge in [-0.25, -0.2) is 0 Å². The minimum absolute atomic E-state index is 0.00514. The van der Waals surface area contributed by atoms with Crippen LogP contribution in [0.4, 0.5) is 5.69 Å². The number of anilines is 1. The molecule has 0 saturated carbocycles. The second kappa shape index (κ2) is 5.72. The molecule has 1 amide bonds. The summed E-state index contributed by atoms with van der Waals surface area (Å²) in [7, 11) is 1.89. The van der Waals surface area contributed by atoms with Crippen molar-refractivity contribution >= 4 is 11.6 Å². The Hall–Kier alpha value is -1.39. The van der Waals surface area contributed by atoms with Crippen LogP contribution in [0.3, 0.4) is 0 Å². The Kier molecular flexibility index (Phi) is 4.22. The number of aryl methyl sites for hydroxylation is 2. The van der Waals surface area contributed by atoms with Crippen LogP contribution in [0.1, 0.15) is 17.5 Å². The second-order valence-corrected chi connectivity index (χ2v) is 5.31. The third-order valence-electron chi connectivity index (χ3n) is 3.79. The molecule has 104 valence electrons. The third kappa shape index (κ3) is 2.80. The first-order valence-corrected chi connectivity index (χ1v) is 6.74. The molecule has 1 heterocycles. The Morgan fingerprint density at radius 3 is 2.68 bits per heavy atom. The lowest BCUT2D eigenvalue weighted by molar-refractivity contribution is -0.123. The molecule has 1 saturated heterocycles. The van der Waals surface area contributed by atoms with Crippen LogP contribution >= 0.6 is 0 Å². The number of rotatable bonds is 2. The van der Waals surface area contributed by atoms with Gasteiger partial charge < -0.3 is 10.0 Å². The van der Waals surface area contributed by atoms with E-state index in [4.69, 9.17) is 0 Å². The van der Waals surface area contributed by atoms with Crippen LogP contribution in [0.2, 0.25) is 0 Å². The number of carbonyl (C=O) groups is 1. The molecule has 2 rings (SSSR count). The summed E-state index contributed by atoms with van der Waals surface area (Å²) in [5, 5.41) is 9.45. The number of hydrogen-bond acceptors (Lipinski definition) is 3. The molecular weight excluding hydrogens is 240 g/mol. The van der Waals surface area contributed by atoms with E-state index in [-0.39, 0.29) is 12.5 Å². The number of aliphatic hydroxyl groups excluding tert-OH is 1. The van der Waals surface area contributed by atoms with E-state index in [1.54, 1.807) is 0 Å². The zero-order chi connectivity index (χ0) is 14.0. The standard InChI is InChI=1S/C15H22N2O2/c1-11-5-6-13(12(2)9-11)17-8-4-7-16(3)14(10-18)15(17)19/h5-6,9,14,18H,4,7-8,10H2,1-3H3. The molecule has 1 aliphatic rings. The Balaban J connectivity index is 2.34. The van der Waals surface area contributed by atoms with Gasteiger partial charge in [-0.3, -0.25) is 9.69 Å². The van der Waals surface area contributed by atoms with E-state index in [0.29, 0.717) is 6.54 Å². The van der Waals surface area contributed by atoms with E-state index in [1.807, 2.05) is 42.8 Å². The van der Waals surface area contributed by atoms with Crippen LogP contribution in [0.15, 0.2) is 18.2 Å². The molecule has 1 atom stereocenters. The summed E-state index contributed by atoms with van der Waals surface area (Å²) in [5.41, 5.74) is 3.26. The predicted molar refractivity (Wildman–Crippen MR) is 76.4 cm³/mol.